The fraction of sp³-hybridized carbons (Fsp3) is 0.556. The highest BCUT2D eigenvalue weighted by atomic mass is 16.5. The van der Waals surface area contributed by atoms with Crippen molar-refractivity contribution in [3.63, 3.8) is 0 Å². The van der Waals surface area contributed by atoms with Gasteiger partial charge in [-0.15, -0.1) is 0 Å². The SMILES string of the molecule is CO[C@H]1CC[C@]2(OC)CCN(C(=O)c3ccc(C(N)=O)cc3)[C@@H]2C1. The highest BCUT2D eigenvalue weighted by Gasteiger charge is 2.52. The van der Waals surface area contributed by atoms with Crippen molar-refractivity contribution in [2.75, 3.05) is 20.8 Å². The summed E-state index contributed by atoms with van der Waals surface area (Å²) in [6.45, 7) is 0.672. The van der Waals surface area contributed by atoms with E-state index in [9.17, 15) is 9.59 Å². The minimum atomic E-state index is -0.496. The first kappa shape index (κ1) is 16.9. The molecule has 6 nitrogen and oxygen atoms in total. The van der Waals surface area contributed by atoms with Gasteiger partial charge in [-0.2, -0.15) is 0 Å². The third-order valence-corrected chi connectivity index (χ3v) is 5.55. The summed E-state index contributed by atoms with van der Waals surface area (Å²) >= 11 is 0. The van der Waals surface area contributed by atoms with Crippen molar-refractivity contribution >= 4 is 11.8 Å². The van der Waals surface area contributed by atoms with E-state index in [1.807, 2.05) is 4.90 Å². The van der Waals surface area contributed by atoms with Crippen molar-refractivity contribution in [2.24, 2.45) is 5.73 Å². The number of amides is 2. The van der Waals surface area contributed by atoms with Gasteiger partial charge in [-0.25, -0.2) is 0 Å². The van der Waals surface area contributed by atoms with Gasteiger partial charge in [-0.3, -0.25) is 9.59 Å². The van der Waals surface area contributed by atoms with Gasteiger partial charge in [0, 0.05) is 31.9 Å². The number of benzene rings is 1. The van der Waals surface area contributed by atoms with Crippen LogP contribution in [0.25, 0.3) is 0 Å². The average Bonchev–Trinajstić information content (AvgIpc) is 3.00. The zero-order valence-electron chi connectivity index (χ0n) is 14.2. The molecule has 2 aliphatic rings. The van der Waals surface area contributed by atoms with Crippen LogP contribution >= 0.6 is 0 Å². The number of rotatable bonds is 4. The quantitative estimate of drug-likeness (QED) is 0.908. The molecule has 2 amide bonds. The van der Waals surface area contributed by atoms with Crippen LogP contribution in [0.1, 0.15) is 46.4 Å². The van der Waals surface area contributed by atoms with Gasteiger partial charge >= 0.3 is 0 Å². The predicted molar refractivity (Wildman–Crippen MR) is 88.8 cm³/mol. The molecule has 3 atom stereocenters. The molecule has 1 aliphatic heterocycles. The van der Waals surface area contributed by atoms with E-state index in [0.29, 0.717) is 17.7 Å². The second-order valence-corrected chi connectivity index (χ2v) is 6.61. The Kier molecular flexibility index (Phi) is 4.60. The largest absolute Gasteiger partial charge is 0.381 e. The van der Waals surface area contributed by atoms with Gasteiger partial charge in [0.25, 0.3) is 5.91 Å². The number of ether oxygens (including phenoxy) is 2. The summed E-state index contributed by atoms with van der Waals surface area (Å²) in [5, 5.41) is 0. The average molecular weight is 332 g/mol. The summed E-state index contributed by atoms with van der Waals surface area (Å²) < 4.78 is 11.4. The highest BCUT2D eigenvalue weighted by molar-refractivity contribution is 5.97. The van der Waals surface area contributed by atoms with Crippen LogP contribution in [0.2, 0.25) is 0 Å². The summed E-state index contributed by atoms with van der Waals surface area (Å²) in [6.07, 6.45) is 3.64. The molecule has 1 saturated carbocycles. The van der Waals surface area contributed by atoms with Gasteiger partial charge < -0.3 is 20.1 Å². The molecule has 2 fully saturated rings. The molecule has 130 valence electrons. The molecule has 1 saturated heterocycles. The van der Waals surface area contributed by atoms with Crippen LogP contribution < -0.4 is 5.73 Å². The highest BCUT2D eigenvalue weighted by Crippen LogP contribution is 2.43. The summed E-state index contributed by atoms with van der Waals surface area (Å²) in [7, 11) is 3.45. The minimum Gasteiger partial charge on any atom is -0.381 e. The number of carbonyl (C=O) groups excluding carboxylic acids is 2. The second-order valence-electron chi connectivity index (χ2n) is 6.61. The van der Waals surface area contributed by atoms with E-state index in [0.717, 1.165) is 25.7 Å². The zero-order valence-corrected chi connectivity index (χ0v) is 14.2. The zero-order chi connectivity index (χ0) is 17.3. The summed E-state index contributed by atoms with van der Waals surface area (Å²) in [4.78, 5) is 26.0. The maximum absolute atomic E-state index is 12.9. The van der Waals surface area contributed by atoms with Crippen LogP contribution in [0, 0.1) is 0 Å². The van der Waals surface area contributed by atoms with Gasteiger partial charge in [0.1, 0.15) is 0 Å². The molecular formula is C18H24N2O4. The number of methoxy groups -OCH3 is 2. The van der Waals surface area contributed by atoms with E-state index >= 15 is 0 Å². The van der Waals surface area contributed by atoms with Gasteiger partial charge in [-0.05, 0) is 49.9 Å². The van der Waals surface area contributed by atoms with Crippen LogP contribution in [0.15, 0.2) is 24.3 Å². The van der Waals surface area contributed by atoms with Crippen LogP contribution in [-0.2, 0) is 9.47 Å². The first-order valence-electron chi connectivity index (χ1n) is 8.29. The maximum atomic E-state index is 12.9. The number of carbonyl (C=O) groups is 2. The topological polar surface area (TPSA) is 81.9 Å². The van der Waals surface area contributed by atoms with Crippen LogP contribution in [-0.4, -0.2) is 55.2 Å². The van der Waals surface area contributed by atoms with Crippen LogP contribution in [0.3, 0.4) is 0 Å². The second kappa shape index (κ2) is 6.53. The molecule has 1 aromatic carbocycles. The van der Waals surface area contributed by atoms with E-state index < -0.39 is 5.91 Å². The fourth-order valence-corrected chi connectivity index (χ4v) is 4.06. The lowest BCUT2D eigenvalue weighted by Crippen LogP contribution is -2.53. The van der Waals surface area contributed by atoms with Crippen molar-refractivity contribution < 1.29 is 19.1 Å². The number of nitrogens with two attached hydrogens (primary N) is 1. The van der Waals surface area contributed by atoms with Crippen molar-refractivity contribution in [3.8, 4) is 0 Å². The number of hydrogen-bond acceptors (Lipinski definition) is 4. The lowest BCUT2D eigenvalue weighted by molar-refractivity contribution is -0.0893. The Morgan fingerprint density at radius 2 is 1.83 bits per heavy atom. The molecular weight excluding hydrogens is 308 g/mol. The molecule has 6 heteroatoms. The lowest BCUT2D eigenvalue weighted by atomic mass is 9.79. The number of likely N-dealkylation sites (tertiary alicyclic amines) is 1. The Bertz CT molecular complexity index is 630. The summed E-state index contributed by atoms with van der Waals surface area (Å²) in [6, 6.07) is 6.52. The number of primary amides is 1. The van der Waals surface area contributed by atoms with E-state index in [2.05, 4.69) is 0 Å². The van der Waals surface area contributed by atoms with E-state index in [1.54, 1.807) is 38.5 Å². The van der Waals surface area contributed by atoms with Crippen LogP contribution in [0.4, 0.5) is 0 Å². The molecule has 2 N–H and O–H groups in total. The van der Waals surface area contributed by atoms with Crippen LogP contribution in [0.5, 0.6) is 0 Å². The first-order valence-corrected chi connectivity index (χ1v) is 8.29. The summed E-state index contributed by atoms with van der Waals surface area (Å²) in [5.41, 5.74) is 5.95. The molecule has 1 aromatic rings. The minimum absolute atomic E-state index is 0.0181. The first-order chi connectivity index (χ1) is 11.5. The molecule has 1 heterocycles. The normalized spacial score (nSPS) is 29.3. The van der Waals surface area contributed by atoms with Gasteiger partial charge in [0.15, 0.2) is 0 Å². The Hall–Kier alpha value is -1.92. The molecule has 1 aliphatic carbocycles. The third kappa shape index (κ3) is 2.80. The van der Waals surface area contributed by atoms with Crippen molar-refractivity contribution in [1.82, 2.24) is 4.90 Å². The van der Waals surface area contributed by atoms with E-state index in [4.69, 9.17) is 15.2 Å². The standard InChI is InChI=1S/C18H24N2O4/c1-23-14-7-8-18(24-2)9-10-20(15(18)11-14)17(22)13-5-3-12(4-6-13)16(19)21/h3-6,14-15H,7-11H2,1-2H3,(H2,19,21)/t14-,15+,18-/m0/s1. The van der Waals surface area contributed by atoms with E-state index in [1.165, 1.54) is 0 Å². The molecule has 0 unspecified atom stereocenters. The van der Waals surface area contributed by atoms with Crippen molar-refractivity contribution in [2.45, 2.75) is 43.4 Å². The number of hydrogen-bond donors (Lipinski definition) is 1. The third-order valence-electron chi connectivity index (χ3n) is 5.55. The maximum Gasteiger partial charge on any atom is 0.254 e. The molecule has 24 heavy (non-hydrogen) atoms. The van der Waals surface area contributed by atoms with Gasteiger partial charge in [0.05, 0.1) is 17.7 Å². The molecule has 0 spiro atoms. The van der Waals surface area contributed by atoms with Gasteiger partial charge in [-0.1, -0.05) is 0 Å². The summed E-state index contributed by atoms with van der Waals surface area (Å²) in [5.74, 6) is -0.532. The van der Waals surface area contributed by atoms with Crippen molar-refractivity contribution in [1.29, 1.82) is 0 Å². The van der Waals surface area contributed by atoms with Crippen molar-refractivity contribution in [3.05, 3.63) is 35.4 Å². The number of nitrogens with zero attached hydrogens (tertiary/aromatic N) is 1. The number of fused-ring (bicyclic) bond motifs is 1. The Morgan fingerprint density at radius 3 is 2.42 bits per heavy atom. The molecule has 3 rings (SSSR count). The van der Waals surface area contributed by atoms with E-state index in [-0.39, 0.29) is 23.7 Å². The molecule has 0 radical (unpaired) electrons. The molecule has 0 aromatic heterocycles. The lowest BCUT2D eigenvalue weighted by Gasteiger charge is -2.43. The predicted octanol–water partition coefficient (Wildman–Crippen LogP) is 1.58. The Balaban J connectivity index is 1.82. The molecule has 0 bridgehead atoms. The smallest absolute Gasteiger partial charge is 0.254 e. The fourth-order valence-electron chi connectivity index (χ4n) is 4.06. The monoisotopic (exact) mass is 332 g/mol. The van der Waals surface area contributed by atoms with Gasteiger partial charge in [0.2, 0.25) is 5.91 Å². The Morgan fingerprint density at radius 1 is 1.17 bits per heavy atom. The Labute approximate surface area is 141 Å².